The fourth-order valence-electron chi connectivity index (χ4n) is 0.678. The summed E-state index contributed by atoms with van der Waals surface area (Å²) < 4.78 is -1.75. The molecule has 0 saturated carbocycles. The summed E-state index contributed by atoms with van der Waals surface area (Å²) in [6.07, 6.45) is 0. The Kier molecular flexibility index (Phi) is 3.46. The third-order valence-electron chi connectivity index (χ3n) is 1.16. The fourth-order valence-corrected chi connectivity index (χ4v) is 1.07. The van der Waals surface area contributed by atoms with Crippen molar-refractivity contribution in [2.45, 2.75) is 9.67 Å². The summed E-state index contributed by atoms with van der Waals surface area (Å²) in [6.45, 7) is 0. The summed E-state index contributed by atoms with van der Waals surface area (Å²) >= 11 is 22.0. The van der Waals surface area contributed by atoms with Gasteiger partial charge in [0.25, 0.3) is 0 Å². The molecule has 3 nitrogen and oxygen atoms in total. The van der Waals surface area contributed by atoms with Crippen molar-refractivity contribution in [2.75, 3.05) is 0 Å². The van der Waals surface area contributed by atoms with Crippen molar-refractivity contribution < 1.29 is 5.11 Å². The third-order valence-corrected chi connectivity index (χ3v) is 1.94. The second-order valence-electron chi connectivity index (χ2n) is 2.17. The summed E-state index contributed by atoms with van der Waals surface area (Å²) in [4.78, 5) is 7.37. The van der Waals surface area contributed by atoms with Crippen LogP contribution in [0, 0.1) is 0 Å². The van der Waals surface area contributed by atoms with E-state index in [0.29, 0.717) is 5.69 Å². The largest absolute Gasteiger partial charge is 0.493 e. The van der Waals surface area contributed by atoms with E-state index in [9.17, 15) is 0 Å². The SMILES string of the molecule is Oc1cc(CCl)nc(C(Cl)(Cl)Cl)n1. The van der Waals surface area contributed by atoms with E-state index in [0.717, 1.165) is 0 Å². The molecule has 0 fully saturated rings. The van der Waals surface area contributed by atoms with Crippen molar-refractivity contribution >= 4 is 46.4 Å². The number of hydrogen-bond acceptors (Lipinski definition) is 3. The molecule has 7 heteroatoms. The average Bonchev–Trinajstić information content (AvgIpc) is 2.01. The highest BCUT2D eigenvalue weighted by atomic mass is 35.6. The van der Waals surface area contributed by atoms with Crippen molar-refractivity contribution in [3.63, 3.8) is 0 Å². The second-order valence-corrected chi connectivity index (χ2v) is 4.72. The summed E-state index contributed by atoms with van der Waals surface area (Å²) in [5.74, 6) is -0.246. The monoisotopic (exact) mass is 260 g/mol. The summed E-state index contributed by atoms with van der Waals surface area (Å²) in [5.41, 5.74) is 0.399. The van der Waals surface area contributed by atoms with Gasteiger partial charge in [0.1, 0.15) is 0 Å². The Hall–Kier alpha value is 0.0400. The zero-order valence-corrected chi connectivity index (χ0v) is 9.16. The zero-order chi connectivity index (χ0) is 10.1. The molecule has 0 unspecified atom stereocenters. The standard InChI is InChI=1S/C6H4Cl4N2O/c7-2-3-1-4(13)12-5(11-3)6(8,9)10/h1H,2H2,(H,11,12,13). The van der Waals surface area contributed by atoms with Gasteiger partial charge in [-0.25, -0.2) is 4.98 Å². The van der Waals surface area contributed by atoms with Gasteiger partial charge in [0.05, 0.1) is 11.6 Å². The van der Waals surface area contributed by atoms with Crippen LogP contribution in [0.1, 0.15) is 11.5 Å². The lowest BCUT2D eigenvalue weighted by Gasteiger charge is -2.09. The van der Waals surface area contributed by atoms with Gasteiger partial charge >= 0.3 is 0 Å². The molecule has 1 aromatic rings. The maximum absolute atomic E-state index is 9.10. The first-order valence-corrected chi connectivity index (χ1v) is 4.80. The highest BCUT2D eigenvalue weighted by Gasteiger charge is 2.27. The maximum atomic E-state index is 9.10. The number of nitrogens with zero attached hydrogens (tertiary/aromatic N) is 2. The minimum absolute atomic E-state index is 0.0897. The molecule has 0 aliphatic heterocycles. The van der Waals surface area contributed by atoms with E-state index in [-0.39, 0.29) is 17.6 Å². The number of aromatic hydroxyl groups is 1. The average molecular weight is 262 g/mol. The van der Waals surface area contributed by atoms with E-state index < -0.39 is 3.79 Å². The van der Waals surface area contributed by atoms with Gasteiger partial charge in [0, 0.05) is 6.07 Å². The van der Waals surface area contributed by atoms with Crippen LogP contribution in [-0.4, -0.2) is 15.1 Å². The predicted octanol–water partition coefficient (Wildman–Crippen LogP) is 2.75. The molecule has 72 valence electrons. The van der Waals surface area contributed by atoms with E-state index >= 15 is 0 Å². The molecule has 0 aliphatic rings. The molecule has 1 aromatic heterocycles. The van der Waals surface area contributed by atoms with Crippen molar-refractivity contribution in [3.8, 4) is 5.88 Å². The van der Waals surface area contributed by atoms with Gasteiger partial charge < -0.3 is 5.11 Å². The van der Waals surface area contributed by atoms with Crippen LogP contribution in [0.15, 0.2) is 6.07 Å². The molecule has 1 rings (SSSR count). The zero-order valence-electron chi connectivity index (χ0n) is 6.14. The molecule has 0 aromatic carbocycles. The first kappa shape index (κ1) is 11.1. The lowest BCUT2D eigenvalue weighted by molar-refractivity contribution is 0.448. The van der Waals surface area contributed by atoms with Crippen molar-refractivity contribution in [3.05, 3.63) is 17.6 Å². The summed E-state index contributed by atoms with van der Waals surface area (Å²) in [6, 6.07) is 1.30. The maximum Gasteiger partial charge on any atom is 0.250 e. The minimum Gasteiger partial charge on any atom is -0.493 e. The number of halogens is 4. The third kappa shape index (κ3) is 3.02. The highest BCUT2D eigenvalue weighted by molar-refractivity contribution is 6.66. The van der Waals surface area contributed by atoms with Crippen LogP contribution < -0.4 is 0 Å². The molecule has 0 saturated heterocycles. The van der Waals surface area contributed by atoms with Gasteiger partial charge in [-0.3, -0.25) is 0 Å². The Morgan fingerprint density at radius 1 is 1.31 bits per heavy atom. The highest BCUT2D eigenvalue weighted by Crippen LogP contribution is 2.36. The van der Waals surface area contributed by atoms with Crippen molar-refractivity contribution in [2.24, 2.45) is 0 Å². The molecule has 0 aliphatic carbocycles. The van der Waals surface area contributed by atoms with Gasteiger partial charge in [0.2, 0.25) is 9.67 Å². The van der Waals surface area contributed by atoms with Gasteiger partial charge in [0.15, 0.2) is 5.82 Å². The Balaban J connectivity index is 3.16. The molecule has 0 spiro atoms. The summed E-state index contributed by atoms with van der Waals surface area (Å²) in [5, 5.41) is 9.10. The topological polar surface area (TPSA) is 46.0 Å². The number of aromatic nitrogens is 2. The van der Waals surface area contributed by atoms with E-state index in [1.807, 2.05) is 0 Å². The van der Waals surface area contributed by atoms with Gasteiger partial charge in [-0.2, -0.15) is 4.98 Å². The van der Waals surface area contributed by atoms with Crippen LogP contribution in [0.4, 0.5) is 0 Å². The molecule has 1 N–H and O–H groups in total. The van der Waals surface area contributed by atoms with Crippen LogP contribution in [0.5, 0.6) is 5.88 Å². The van der Waals surface area contributed by atoms with Crippen molar-refractivity contribution in [1.29, 1.82) is 0 Å². The number of alkyl halides is 4. The first-order chi connectivity index (χ1) is 5.93. The second kappa shape index (κ2) is 4.05. The van der Waals surface area contributed by atoms with Gasteiger partial charge in [-0.1, -0.05) is 34.8 Å². The van der Waals surface area contributed by atoms with Gasteiger partial charge in [-0.05, 0) is 0 Å². The Morgan fingerprint density at radius 3 is 2.38 bits per heavy atom. The minimum atomic E-state index is -1.75. The van der Waals surface area contributed by atoms with Crippen LogP contribution in [0.25, 0.3) is 0 Å². The van der Waals surface area contributed by atoms with E-state index in [2.05, 4.69) is 9.97 Å². The molecule has 1 heterocycles. The van der Waals surface area contributed by atoms with E-state index in [1.54, 1.807) is 0 Å². The number of rotatable bonds is 1. The summed E-state index contributed by atoms with van der Waals surface area (Å²) in [7, 11) is 0. The first-order valence-electron chi connectivity index (χ1n) is 3.13. The molecule has 0 amide bonds. The van der Waals surface area contributed by atoms with E-state index in [1.165, 1.54) is 6.07 Å². The number of hydrogen-bond donors (Lipinski definition) is 1. The molecule has 0 bridgehead atoms. The smallest absolute Gasteiger partial charge is 0.250 e. The lowest BCUT2D eigenvalue weighted by atomic mass is 10.4. The van der Waals surface area contributed by atoms with Crippen LogP contribution >= 0.6 is 46.4 Å². The van der Waals surface area contributed by atoms with E-state index in [4.69, 9.17) is 51.5 Å². The van der Waals surface area contributed by atoms with Crippen molar-refractivity contribution in [1.82, 2.24) is 9.97 Å². The van der Waals surface area contributed by atoms with Crippen LogP contribution in [0.3, 0.4) is 0 Å². The normalized spacial score (nSPS) is 11.7. The predicted molar refractivity (Wildman–Crippen MR) is 52.5 cm³/mol. The Bertz CT molecular complexity index is 312. The van der Waals surface area contributed by atoms with Gasteiger partial charge in [-0.15, -0.1) is 11.6 Å². The quantitative estimate of drug-likeness (QED) is 0.791. The fraction of sp³-hybridized carbons (Fsp3) is 0.333. The Labute approximate surface area is 94.6 Å². The van der Waals surface area contributed by atoms with Crippen LogP contribution in [0.2, 0.25) is 0 Å². The Morgan fingerprint density at radius 2 is 1.92 bits per heavy atom. The molecule has 0 radical (unpaired) electrons. The molecular weight excluding hydrogens is 258 g/mol. The van der Waals surface area contributed by atoms with Crippen LogP contribution in [-0.2, 0) is 9.67 Å². The lowest BCUT2D eigenvalue weighted by Crippen LogP contribution is -2.08. The molecular formula is C6H4Cl4N2O. The molecule has 13 heavy (non-hydrogen) atoms. The molecule has 0 atom stereocenters.